The summed E-state index contributed by atoms with van der Waals surface area (Å²) in [6.45, 7) is 3.54. The number of amides is 1. The second-order valence-electron chi connectivity index (χ2n) is 7.26. The van der Waals surface area contributed by atoms with Gasteiger partial charge in [-0.05, 0) is 30.7 Å². The average Bonchev–Trinajstić information content (AvgIpc) is 2.74. The van der Waals surface area contributed by atoms with Gasteiger partial charge in [-0.1, -0.05) is 12.1 Å². The van der Waals surface area contributed by atoms with Crippen LogP contribution < -0.4 is 5.32 Å². The Labute approximate surface area is 179 Å². The highest BCUT2D eigenvalue weighted by atomic mass is 32.2. The minimum atomic E-state index is -3.76. The number of anilines is 1. The number of hydrogen-bond donors (Lipinski definition) is 1. The van der Waals surface area contributed by atoms with Crippen molar-refractivity contribution in [2.75, 3.05) is 38.0 Å². The minimum absolute atomic E-state index is 0.0762. The zero-order chi connectivity index (χ0) is 22.6. The van der Waals surface area contributed by atoms with Crippen molar-refractivity contribution in [3.8, 4) is 0 Å². The standard InChI is InChI=1S/C20H23FN4O5S/c1-15-5-6-17(25(27)28)14-19(15)22-20(26)7-8-23-9-11-24(12-10-23)31(29,30)18-4-2-3-16(21)13-18/h2-6,13-14H,7-12H2,1H3,(H,22,26). The van der Waals surface area contributed by atoms with Crippen LogP contribution in [0.5, 0.6) is 0 Å². The van der Waals surface area contributed by atoms with Crippen LogP contribution >= 0.6 is 0 Å². The van der Waals surface area contributed by atoms with Gasteiger partial charge in [-0.3, -0.25) is 14.9 Å². The van der Waals surface area contributed by atoms with Gasteiger partial charge in [0.1, 0.15) is 5.82 Å². The smallest absolute Gasteiger partial charge is 0.271 e. The van der Waals surface area contributed by atoms with E-state index in [1.807, 2.05) is 4.90 Å². The summed E-state index contributed by atoms with van der Waals surface area (Å²) in [6, 6.07) is 9.20. The maximum absolute atomic E-state index is 13.4. The van der Waals surface area contributed by atoms with Gasteiger partial charge in [-0.2, -0.15) is 4.31 Å². The monoisotopic (exact) mass is 450 g/mol. The maximum atomic E-state index is 13.4. The topological polar surface area (TPSA) is 113 Å². The molecular formula is C20H23FN4O5S. The lowest BCUT2D eigenvalue weighted by Gasteiger charge is -2.33. The molecule has 2 aromatic carbocycles. The third-order valence-electron chi connectivity index (χ3n) is 5.13. The van der Waals surface area contributed by atoms with E-state index in [-0.39, 0.29) is 36.0 Å². The molecule has 1 heterocycles. The molecule has 0 bridgehead atoms. The number of benzene rings is 2. The predicted octanol–water partition coefficient (Wildman–Crippen LogP) is 2.38. The van der Waals surface area contributed by atoms with Crippen molar-refractivity contribution >= 4 is 27.3 Å². The van der Waals surface area contributed by atoms with Crippen molar-refractivity contribution in [2.45, 2.75) is 18.2 Å². The molecule has 0 saturated carbocycles. The van der Waals surface area contributed by atoms with E-state index in [0.717, 1.165) is 11.6 Å². The highest BCUT2D eigenvalue weighted by molar-refractivity contribution is 7.89. The van der Waals surface area contributed by atoms with Gasteiger partial charge in [0, 0.05) is 51.3 Å². The minimum Gasteiger partial charge on any atom is -0.326 e. The van der Waals surface area contributed by atoms with E-state index in [9.17, 15) is 27.7 Å². The van der Waals surface area contributed by atoms with Crippen molar-refractivity contribution in [1.82, 2.24) is 9.21 Å². The molecular weight excluding hydrogens is 427 g/mol. The molecule has 166 valence electrons. The molecule has 0 spiro atoms. The van der Waals surface area contributed by atoms with Crippen LogP contribution in [-0.2, 0) is 14.8 Å². The van der Waals surface area contributed by atoms with Crippen molar-refractivity contribution in [3.63, 3.8) is 0 Å². The number of nitrogens with one attached hydrogen (secondary N) is 1. The van der Waals surface area contributed by atoms with Crippen LogP contribution in [0.1, 0.15) is 12.0 Å². The molecule has 1 aliphatic heterocycles. The SMILES string of the molecule is Cc1ccc([N+](=O)[O-])cc1NC(=O)CCN1CCN(S(=O)(=O)c2cccc(F)c2)CC1. The molecule has 31 heavy (non-hydrogen) atoms. The van der Waals surface area contributed by atoms with Crippen LogP contribution in [0, 0.1) is 22.9 Å². The molecule has 0 aliphatic carbocycles. The Balaban J connectivity index is 1.51. The number of nitrogens with zero attached hydrogens (tertiary/aromatic N) is 3. The number of nitro groups is 1. The summed E-state index contributed by atoms with van der Waals surface area (Å²) in [5, 5.41) is 13.6. The number of rotatable bonds is 7. The number of piperazine rings is 1. The maximum Gasteiger partial charge on any atom is 0.271 e. The molecule has 1 amide bonds. The lowest BCUT2D eigenvalue weighted by atomic mass is 10.1. The van der Waals surface area contributed by atoms with E-state index in [1.54, 1.807) is 13.0 Å². The molecule has 0 unspecified atom stereocenters. The molecule has 0 radical (unpaired) electrons. The number of carbonyl (C=O) groups excluding carboxylic acids is 1. The zero-order valence-corrected chi connectivity index (χ0v) is 17.8. The van der Waals surface area contributed by atoms with E-state index in [1.165, 1.54) is 34.6 Å². The first kappa shape index (κ1) is 22.8. The van der Waals surface area contributed by atoms with Gasteiger partial charge in [0.05, 0.1) is 15.5 Å². The summed E-state index contributed by atoms with van der Waals surface area (Å²) in [5.74, 6) is -0.886. The number of nitro benzene ring substituents is 1. The van der Waals surface area contributed by atoms with Crippen molar-refractivity contribution < 1.29 is 22.5 Å². The van der Waals surface area contributed by atoms with Gasteiger partial charge < -0.3 is 10.2 Å². The molecule has 0 aromatic heterocycles. The number of non-ortho nitro benzene ring substituents is 1. The van der Waals surface area contributed by atoms with E-state index in [4.69, 9.17) is 0 Å². The van der Waals surface area contributed by atoms with Crippen LogP contribution in [0.15, 0.2) is 47.4 Å². The van der Waals surface area contributed by atoms with Crippen molar-refractivity contribution in [3.05, 3.63) is 64.0 Å². The van der Waals surface area contributed by atoms with Gasteiger partial charge in [0.15, 0.2) is 0 Å². The van der Waals surface area contributed by atoms with Crippen molar-refractivity contribution in [1.29, 1.82) is 0 Å². The molecule has 1 aliphatic rings. The Morgan fingerprint density at radius 1 is 1.16 bits per heavy atom. The first-order valence-electron chi connectivity index (χ1n) is 9.70. The average molecular weight is 450 g/mol. The number of aryl methyl sites for hydroxylation is 1. The second-order valence-corrected chi connectivity index (χ2v) is 9.20. The summed E-state index contributed by atoms with van der Waals surface area (Å²) < 4.78 is 40.0. The van der Waals surface area contributed by atoms with Crippen LogP contribution in [0.3, 0.4) is 0 Å². The Morgan fingerprint density at radius 2 is 1.87 bits per heavy atom. The number of halogens is 1. The number of hydrogen-bond acceptors (Lipinski definition) is 6. The largest absolute Gasteiger partial charge is 0.326 e. The summed E-state index contributed by atoms with van der Waals surface area (Å²) in [5.41, 5.74) is 1.01. The van der Waals surface area contributed by atoms with Gasteiger partial charge in [0.2, 0.25) is 15.9 Å². The third kappa shape index (κ3) is 5.63. The molecule has 2 aromatic rings. The molecule has 1 fully saturated rings. The number of sulfonamides is 1. The first-order chi connectivity index (χ1) is 14.7. The van der Waals surface area contributed by atoms with Crippen molar-refractivity contribution in [2.24, 2.45) is 0 Å². The molecule has 0 atom stereocenters. The summed E-state index contributed by atoms with van der Waals surface area (Å²) in [6.07, 6.45) is 0.165. The Bertz CT molecular complexity index is 1080. The molecule has 1 saturated heterocycles. The Hall–Kier alpha value is -2.89. The highest BCUT2D eigenvalue weighted by Gasteiger charge is 2.28. The summed E-state index contributed by atoms with van der Waals surface area (Å²) in [7, 11) is -3.76. The van der Waals surface area contributed by atoms with Crippen LogP contribution in [0.25, 0.3) is 0 Å². The zero-order valence-electron chi connectivity index (χ0n) is 17.0. The van der Waals surface area contributed by atoms with E-state index >= 15 is 0 Å². The predicted molar refractivity (Wildman–Crippen MR) is 113 cm³/mol. The summed E-state index contributed by atoms with van der Waals surface area (Å²) in [4.78, 5) is 24.6. The van der Waals surface area contributed by atoms with E-state index < -0.39 is 20.8 Å². The lowest BCUT2D eigenvalue weighted by Crippen LogP contribution is -2.49. The Morgan fingerprint density at radius 3 is 2.52 bits per heavy atom. The molecule has 11 heteroatoms. The van der Waals surface area contributed by atoms with Gasteiger partial charge >= 0.3 is 0 Å². The highest BCUT2D eigenvalue weighted by Crippen LogP contribution is 2.22. The van der Waals surface area contributed by atoms with Crippen LogP contribution in [0.2, 0.25) is 0 Å². The summed E-state index contributed by atoms with van der Waals surface area (Å²) >= 11 is 0. The molecule has 1 N–H and O–H groups in total. The Kier molecular flexibility index (Phi) is 6.98. The van der Waals surface area contributed by atoms with Gasteiger partial charge in [-0.15, -0.1) is 0 Å². The normalized spacial score (nSPS) is 15.5. The van der Waals surface area contributed by atoms with Crippen LogP contribution in [0.4, 0.5) is 15.8 Å². The second kappa shape index (κ2) is 9.50. The first-order valence-corrected chi connectivity index (χ1v) is 11.1. The van der Waals surface area contributed by atoms with Crippen LogP contribution in [-0.4, -0.2) is 61.2 Å². The molecule has 3 rings (SSSR count). The number of carbonyl (C=O) groups is 1. The fourth-order valence-corrected chi connectivity index (χ4v) is 4.75. The molecule has 9 nitrogen and oxygen atoms in total. The fourth-order valence-electron chi connectivity index (χ4n) is 3.30. The lowest BCUT2D eigenvalue weighted by molar-refractivity contribution is -0.384. The third-order valence-corrected chi connectivity index (χ3v) is 7.02. The van der Waals surface area contributed by atoms with E-state index in [2.05, 4.69) is 5.32 Å². The quantitative estimate of drug-likeness (QED) is 0.512. The van der Waals surface area contributed by atoms with Gasteiger partial charge in [0.25, 0.3) is 5.69 Å². The van der Waals surface area contributed by atoms with Gasteiger partial charge in [-0.25, -0.2) is 12.8 Å². The fraction of sp³-hybridized carbons (Fsp3) is 0.350. The van der Waals surface area contributed by atoms with E-state index in [0.29, 0.717) is 25.3 Å².